The second-order valence-electron chi connectivity index (χ2n) is 5.10. The predicted octanol–water partition coefficient (Wildman–Crippen LogP) is 3.21. The average Bonchev–Trinajstić information content (AvgIpc) is 3.01. The van der Waals surface area contributed by atoms with Crippen LogP contribution in [0, 0.1) is 0 Å². The Hall–Kier alpha value is -2.07. The zero-order valence-electron chi connectivity index (χ0n) is 11.8. The molecule has 0 bridgehead atoms. The summed E-state index contributed by atoms with van der Waals surface area (Å²) in [7, 11) is 1.85. The van der Waals surface area contributed by atoms with Gasteiger partial charge in [-0.1, -0.05) is 29.8 Å². The number of rotatable bonds is 3. The van der Waals surface area contributed by atoms with E-state index in [1.165, 1.54) is 6.08 Å². The third kappa shape index (κ3) is 2.85. The minimum Gasteiger partial charge on any atom is -0.307 e. The first-order chi connectivity index (χ1) is 10.1. The Morgan fingerprint density at radius 3 is 3.00 bits per heavy atom. The second-order valence-corrected chi connectivity index (χ2v) is 5.50. The SMILES string of the molecule is Cn1nc2c(c1NC(=O)C=Cc1ccccc1Cl)CCC2. The molecule has 0 unspecified atom stereocenters. The van der Waals surface area contributed by atoms with Crippen LogP contribution in [0.15, 0.2) is 30.3 Å². The van der Waals surface area contributed by atoms with Gasteiger partial charge in [-0.05, 0) is 37.0 Å². The molecule has 2 aromatic rings. The minimum absolute atomic E-state index is 0.174. The zero-order chi connectivity index (χ0) is 14.8. The van der Waals surface area contributed by atoms with E-state index in [0.717, 1.165) is 41.9 Å². The highest BCUT2D eigenvalue weighted by atomic mass is 35.5. The largest absolute Gasteiger partial charge is 0.307 e. The summed E-state index contributed by atoms with van der Waals surface area (Å²) in [5.74, 6) is 0.629. The normalized spacial score (nSPS) is 13.6. The number of anilines is 1. The number of nitrogens with zero attached hydrogens (tertiary/aromatic N) is 2. The summed E-state index contributed by atoms with van der Waals surface area (Å²) in [6.45, 7) is 0. The number of halogens is 1. The maximum atomic E-state index is 12.1. The number of nitrogens with one attached hydrogen (secondary N) is 1. The van der Waals surface area contributed by atoms with Gasteiger partial charge in [0.05, 0.1) is 5.69 Å². The van der Waals surface area contributed by atoms with Gasteiger partial charge in [0.25, 0.3) is 0 Å². The lowest BCUT2D eigenvalue weighted by Crippen LogP contribution is -2.12. The highest BCUT2D eigenvalue weighted by Crippen LogP contribution is 2.28. The van der Waals surface area contributed by atoms with Gasteiger partial charge >= 0.3 is 0 Å². The molecule has 5 heteroatoms. The van der Waals surface area contributed by atoms with E-state index in [1.807, 2.05) is 25.2 Å². The molecule has 0 radical (unpaired) electrons. The number of hydrogen-bond acceptors (Lipinski definition) is 2. The van der Waals surface area contributed by atoms with Crippen LogP contribution in [-0.2, 0) is 24.7 Å². The molecule has 0 fully saturated rings. The van der Waals surface area contributed by atoms with E-state index >= 15 is 0 Å². The summed E-state index contributed by atoms with van der Waals surface area (Å²) >= 11 is 6.06. The van der Waals surface area contributed by atoms with Gasteiger partial charge < -0.3 is 5.32 Å². The van der Waals surface area contributed by atoms with E-state index in [2.05, 4.69) is 10.4 Å². The Kier molecular flexibility index (Phi) is 3.80. The molecule has 0 aliphatic heterocycles. The molecule has 0 saturated heterocycles. The number of carbonyl (C=O) groups is 1. The van der Waals surface area contributed by atoms with Crippen molar-refractivity contribution < 1.29 is 4.79 Å². The summed E-state index contributed by atoms with van der Waals surface area (Å²) in [5.41, 5.74) is 3.09. The van der Waals surface area contributed by atoms with Crippen LogP contribution < -0.4 is 5.32 Å². The Balaban J connectivity index is 1.74. The van der Waals surface area contributed by atoms with Gasteiger partial charge in [-0.15, -0.1) is 0 Å². The van der Waals surface area contributed by atoms with Crippen molar-refractivity contribution in [2.45, 2.75) is 19.3 Å². The standard InChI is InChI=1S/C16H16ClN3O/c1-20-16(12-6-4-8-14(12)19-20)18-15(21)10-9-11-5-2-3-7-13(11)17/h2-3,5,7,9-10H,4,6,8H2,1H3,(H,18,21). The molecule has 1 aliphatic rings. The lowest BCUT2D eigenvalue weighted by Gasteiger charge is -2.05. The molecule has 108 valence electrons. The van der Waals surface area contributed by atoms with Gasteiger partial charge in [0, 0.05) is 23.7 Å². The first-order valence-electron chi connectivity index (χ1n) is 6.93. The van der Waals surface area contributed by atoms with E-state index in [1.54, 1.807) is 16.8 Å². The van der Waals surface area contributed by atoms with Crippen molar-refractivity contribution in [2.75, 3.05) is 5.32 Å². The molecular weight excluding hydrogens is 286 g/mol. The van der Waals surface area contributed by atoms with Crippen LogP contribution in [0.4, 0.5) is 5.82 Å². The topological polar surface area (TPSA) is 46.9 Å². The number of fused-ring (bicyclic) bond motifs is 1. The maximum Gasteiger partial charge on any atom is 0.249 e. The Bertz CT molecular complexity index is 718. The minimum atomic E-state index is -0.174. The van der Waals surface area contributed by atoms with Gasteiger partial charge in [-0.3, -0.25) is 9.48 Å². The summed E-state index contributed by atoms with van der Waals surface area (Å²) < 4.78 is 1.74. The van der Waals surface area contributed by atoms with Crippen LogP contribution in [0.2, 0.25) is 5.02 Å². The average molecular weight is 302 g/mol. The third-order valence-corrected chi connectivity index (χ3v) is 3.97. The van der Waals surface area contributed by atoms with E-state index < -0.39 is 0 Å². The van der Waals surface area contributed by atoms with Crippen LogP contribution in [0.1, 0.15) is 23.2 Å². The first-order valence-corrected chi connectivity index (χ1v) is 7.31. The quantitative estimate of drug-likeness (QED) is 0.885. The lowest BCUT2D eigenvalue weighted by atomic mass is 10.2. The Morgan fingerprint density at radius 1 is 1.38 bits per heavy atom. The third-order valence-electron chi connectivity index (χ3n) is 3.63. The van der Waals surface area contributed by atoms with Crippen molar-refractivity contribution in [3.63, 3.8) is 0 Å². The van der Waals surface area contributed by atoms with Crippen molar-refractivity contribution in [3.05, 3.63) is 52.2 Å². The molecule has 21 heavy (non-hydrogen) atoms. The molecule has 1 aromatic heterocycles. The van der Waals surface area contributed by atoms with Gasteiger partial charge in [-0.2, -0.15) is 5.10 Å². The van der Waals surface area contributed by atoms with Crippen LogP contribution in [0.25, 0.3) is 6.08 Å². The zero-order valence-corrected chi connectivity index (χ0v) is 12.5. The first kappa shape index (κ1) is 13.9. The van der Waals surface area contributed by atoms with Crippen molar-refractivity contribution in [1.29, 1.82) is 0 Å². The molecule has 1 aromatic carbocycles. The van der Waals surface area contributed by atoms with Crippen molar-refractivity contribution in [2.24, 2.45) is 7.05 Å². The van der Waals surface area contributed by atoms with Crippen LogP contribution in [0.5, 0.6) is 0 Å². The molecule has 3 rings (SSSR count). The highest BCUT2D eigenvalue weighted by molar-refractivity contribution is 6.32. The smallest absolute Gasteiger partial charge is 0.249 e. The number of hydrogen-bond donors (Lipinski definition) is 1. The molecule has 1 amide bonds. The monoisotopic (exact) mass is 301 g/mol. The van der Waals surface area contributed by atoms with Crippen LogP contribution in [-0.4, -0.2) is 15.7 Å². The molecule has 0 atom stereocenters. The maximum absolute atomic E-state index is 12.1. The van der Waals surface area contributed by atoms with E-state index in [0.29, 0.717) is 5.02 Å². The lowest BCUT2D eigenvalue weighted by molar-refractivity contribution is -0.111. The summed E-state index contributed by atoms with van der Waals surface area (Å²) in [4.78, 5) is 12.1. The molecular formula is C16H16ClN3O. The highest BCUT2D eigenvalue weighted by Gasteiger charge is 2.21. The molecule has 1 heterocycles. The Labute approximate surface area is 128 Å². The predicted molar refractivity (Wildman–Crippen MR) is 84.3 cm³/mol. The van der Waals surface area contributed by atoms with Crippen molar-refractivity contribution >= 4 is 29.4 Å². The summed E-state index contributed by atoms with van der Waals surface area (Å²) in [6.07, 6.45) is 6.29. The van der Waals surface area contributed by atoms with Crippen molar-refractivity contribution in [1.82, 2.24) is 9.78 Å². The number of aryl methyl sites for hydroxylation is 2. The summed E-state index contributed by atoms with van der Waals surface area (Å²) in [5, 5.41) is 7.97. The Morgan fingerprint density at radius 2 is 2.19 bits per heavy atom. The van der Waals surface area contributed by atoms with Gasteiger partial charge in [0.15, 0.2) is 0 Å². The van der Waals surface area contributed by atoms with Crippen LogP contribution in [0.3, 0.4) is 0 Å². The van der Waals surface area contributed by atoms with E-state index in [9.17, 15) is 4.79 Å². The fraction of sp³-hybridized carbons (Fsp3) is 0.250. The second kappa shape index (κ2) is 5.74. The van der Waals surface area contributed by atoms with E-state index in [-0.39, 0.29) is 5.91 Å². The molecule has 1 N–H and O–H groups in total. The number of carbonyl (C=O) groups excluding carboxylic acids is 1. The van der Waals surface area contributed by atoms with E-state index in [4.69, 9.17) is 11.6 Å². The number of benzene rings is 1. The van der Waals surface area contributed by atoms with Gasteiger partial charge in [-0.25, -0.2) is 0 Å². The summed E-state index contributed by atoms with van der Waals surface area (Å²) in [6, 6.07) is 7.41. The molecule has 0 saturated carbocycles. The fourth-order valence-corrected chi connectivity index (χ4v) is 2.81. The van der Waals surface area contributed by atoms with Crippen LogP contribution >= 0.6 is 11.6 Å². The number of amides is 1. The van der Waals surface area contributed by atoms with Gasteiger partial charge in [0.2, 0.25) is 5.91 Å². The molecule has 4 nitrogen and oxygen atoms in total. The fourth-order valence-electron chi connectivity index (χ4n) is 2.61. The van der Waals surface area contributed by atoms with Crippen molar-refractivity contribution in [3.8, 4) is 0 Å². The number of aromatic nitrogens is 2. The van der Waals surface area contributed by atoms with Gasteiger partial charge in [0.1, 0.15) is 5.82 Å². The molecule has 1 aliphatic carbocycles. The molecule has 0 spiro atoms.